The number of esters is 1. The number of amides is 1. The van der Waals surface area contributed by atoms with E-state index in [1.54, 1.807) is 25.1 Å². The lowest BCUT2D eigenvalue weighted by molar-refractivity contribution is -0.115. The zero-order valence-corrected chi connectivity index (χ0v) is 13.7. The fourth-order valence-corrected chi connectivity index (χ4v) is 2.36. The molecule has 0 unspecified atom stereocenters. The number of nitrogen functional groups attached to an aromatic ring is 1. The maximum absolute atomic E-state index is 12.0. The van der Waals surface area contributed by atoms with Crippen molar-refractivity contribution in [2.24, 2.45) is 0 Å². The van der Waals surface area contributed by atoms with Gasteiger partial charge >= 0.3 is 5.97 Å². The molecule has 0 aliphatic carbocycles. The average Bonchev–Trinajstić information content (AvgIpc) is 2.90. The molecule has 0 aliphatic rings. The highest BCUT2D eigenvalue weighted by atomic mass is 16.5. The van der Waals surface area contributed by atoms with E-state index in [1.165, 1.54) is 17.9 Å². The summed E-state index contributed by atoms with van der Waals surface area (Å²) in [7, 11) is 1.25. The highest BCUT2D eigenvalue weighted by molar-refractivity contribution is 5.96. The summed E-state index contributed by atoms with van der Waals surface area (Å²) >= 11 is 0. The van der Waals surface area contributed by atoms with Gasteiger partial charge in [-0.15, -0.1) is 0 Å². The van der Waals surface area contributed by atoms with Crippen LogP contribution in [0, 0.1) is 18.3 Å². The largest absolute Gasteiger partial charge is 0.464 e. The minimum absolute atomic E-state index is 0.0760. The van der Waals surface area contributed by atoms with Gasteiger partial charge in [0.25, 0.3) is 0 Å². The zero-order chi connectivity index (χ0) is 17.9. The molecule has 1 amide bonds. The van der Waals surface area contributed by atoms with E-state index in [4.69, 9.17) is 15.7 Å². The number of carbonyl (C=O) groups is 2. The minimum Gasteiger partial charge on any atom is -0.464 e. The van der Waals surface area contributed by atoms with Gasteiger partial charge in [0.05, 0.1) is 18.4 Å². The van der Waals surface area contributed by atoms with E-state index in [0.29, 0.717) is 17.8 Å². The van der Waals surface area contributed by atoms with E-state index >= 15 is 0 Å². The van der Waals surface area contributed by atoms with Gasteiger partial charge in [0.15, 0.2) is 5.69 Å². The number of hydrogen-bond donors (Lipinski definition) is 2. The number of rotatable bonds is 4. The van der Waals surface area contributed by atoms with Crippen LogP contribution in [-0.2, 0) is 9.53 Å². The Labute approximate surface area is 139 Å². The zero-order valence-electron chi connectivity index (χ0n) is 13.7. The number of aromatic nitrogens is 1. The quantitative estimate of drug-likeness (QED) is 0.838. The van der Waals surface area contributed by atoms with Gasteiger partial charge in [0.2, 0.25) is 5.91 Å². The second-order valence-corrected chi connectivity index (χ2v) is 5.18. The first kappa shape index (κ1) is 17.1. The molecule has 1 aromatic carbocycles. The van der Waals surface area contributed by atoms with E-state index in [2.05, 4.69) is 5.32 Å². The molecular formula is C17H18N4O3. The average molecular weight is 326 g/mol. The molecule has 0 atom stereocenters. The van der Waals surface area contributed by atoms with Crippen LogP contribution in [0.4, 0.5) is 11.4 Å². The first-order chi connectivity index (χ1) is 11.4. The first-order valence-electron chi connectivity index (χ1n) is 7.33. The van der Waals surface area contributed by atoms with Crippen LogP contribution in [0.1, 0.15) is 35.0 Å². The van der Waals surface area contributed by atoms with Crippen molar-refractivity contribution in [1.82, 2.24) is 4.57 Å². The van der Waals surface area contributed by atoms with Crippen LogP contribution in [0.5, 0.6) is 0 Å². The molecule has 2 aromatic rings. The molecular weight excluding hydrogens is 308 g/mol. The standard InChI is InChI=1S/C17H18N4O3/c1-4-14(22)20-12-5-6-13(10(2)7-12)21-9-11(8-18)15(19)16(21)17(23)24-3/h5-7,9H,4,19H2,1-3H3,(H,20,22). The smallest absolute Gasteiger partial charge is 0.357 e. The number of nitrogens with zero attached hydrogens (tertiary/aromatic N) is 2. The van der Waals surface area contributed by atoms with Crippen molar-refractivity contribution in [2.45, 2.75) is 20.3 Å². The van der Waals surface area contributed by atoms with Gasteiger partial charge in [0.1, 0.15) is 6.07 Å². The van der Waals surface area contributed by atoms with Crippen molar-refractivity contribution in [2.75, 3.05) is 18.2 Å². The van der Waals surface area contributed by atoms with Crippen molar-refractivity contribution in [1.29, 1.82) is 5.26 Å². The van der Waals surface area contributed by atoms with Crippen LogP contribution >= 0.6 is 0 Å². The van der Waals surface area contributed by atoms with Gasteiger partial charge in [-0.2, -0.15) is 5.26 Å². The molecule has 124 valence electrons. The maximum Gasteiger partial charge on any atom is 0.357 e. The van der Waals surface area contributed by atoms with Crippen LogP contribution in [0.2, 0.25) is 0 Å². The predicted molar refractivity (Wildman–Crippen MR) is 89.9 cm³/mol. The number of carbonyl (C=O) groups excluding carboxylic acids is 2. The van der Waals surface area contributed by atoms with E-state index in [1.807, 2.05) is 13.0 Å². The monoisotopic (exact) mass is 326 g/mol. The van der Waals surface area contributed by atoms with Gasteiger partial charge in [-0.05, 0) is 30.7 Å². The van der Waals surface area contributed by atoms with Crippen LogP contribution in [0.25, 0.3) is 5.69 Å². The fourth-order valence-electron chi connectivity index (χ4n) is 2.36. The Morgan fingerprint density at radius 2 is 2.12 bits per heavy atom. The summed E-state index contributed by atoms with van der Waals surface area (Å²) in [5, 5.41) is 11.9. The number of benzene rings is 1. The Morgan fingerprint density at radius 3 is 2.67 bits per heavy atom. The van der Waals surface area contributed by atoms with Crippen molar-refractivity contribution in [3.63, 3.8) is 0 Å². The number of nitriles is 1. The molecule has 1 aromatic heterocycles. The van der Waals surface area contributed by atoms with Gasteiger partial charge in [-0.25, -0.2) is 4.79 Å². The Morgan fingerprint density at radius 1 is 1.42 bits per heavy atom. The number of methoxy groups -OCH3 is 1. The summed E-state index contributed by atoms with van der Waals surface area (Å²) in [5.74, 6) is -0.717. The molecule has 0 aliphatic heterocycles. The highest BCUT2D eigenvalue weighted by Gasteiger charge is 2.22. The summed E-state index contributed by atoms with van der Waals surface area (Å²) in [5.41, 5.74) is 8.38. The third kappa shape index (κ3) is 3.08. The topological polar surface area (TPSA) is 110 Å². The number of aryl methyl sites for hydroxylation is 1. The summed E-state index contributed by atoms with van der Waals surface area (Å²) in [6.45, 7) is 3.60. The molecule has 2 rings (SSSR count). The lowest BCUT2D eigenvalue weighted by Gasteiger charge is -2.13. The third-order valence-corrected chi connectivity index (χ3v) is 3.60. The SMILES string of the molecule is CCC(=O)Nc1ccc(-n2cc(C#N)c(N)c2C(=O)OC)c(C)c1. The van der Waals surface area contributed by atoms with Gasteiger partial charge in [-0.3, -0.25) is 4.79 Å². The molecule has 1 heterocycles. The van der Waals surface area contributed by atoms with Gasteiger partial charge in [0, 0.05) is 24.0 Å². The van der Waals surface area contributed by atoms with E-state index in [-0.39, 0.29) is 22.9 Å². The van der Waals surface area contributed by atoms with Gasteiger partial charge < -0.3 is 20.4 Å². The highest BCUT2D eigenvalue weighted by Crippen LogP contribution is 2.27. The summed E-state index contributed by atoms with van der Waals surface area (Å²) in [6.07, 6.45) is 1.88. The van der Waals surface area contributed by atoms with Crippen LogP contribution in [0.3, 0.4) is 0 Å². The fraction of sp³-hybridized carbons (Fsp3) is 0.235. The number of hydrogen-bond acceptors (Lipinski definition) is 5. The number of anilines is 2. The van der Waals surface area contributed by atoms with Crippen molar-refractivity contribution < 1.29 is 14.3 Å². The molecule has 0 saturated carbocycles. The van der Waals surface area contributed by atoms with Gasteiger partial charge in [-0.1, -0.05) is 6.92 Å². The Bertz CT molecular complexity index is 846. The number of nitrogens with one attached hydrogen (secondary N) is 1. The lowest BCUT2D eigenvalue weighted by atomic mass is 10.1. The minimum atomic E-state index is -0.628. The second-order valence-electron chi connectivity index (χ2n) is 5.18. The van der Waals surface area contributed by atoms with E-state index in [9.17, 15) is 9.59 Å². The molecule has 0 bridgehead atoms. The Kier molecular flexibility index (Phi) is 4.90. The van der Waals surface area contributed by atoms with Crippen LogP contribution in [-0.4, -0.2) is 23.6 Å². The summed E-state index contributed by atoms with van der Waals surface area (Å²) in [4.78, 5) is 23.5. The molecule has 3 N–H and O–H groups in total. The maximum atomic E-state index is 12.0. The summed E-state index contributed by atoms with van der Waals surface area (Å²) in [6, 6.07) is 7.21. The molecule has 0 radical (unpaired) electrons. The van der Waals surface area contributed by atoms with E-state index < -0.39 is 5.97 Å². The van der Waals surface area contributed by atoms with Crippen LogP contribution in [0.15, 0.2) is 24.4 Å². The normalized spacial score (nSPS) is 10.1. The second kappa shape index (κ2) is 6.87. The molecule has 0 fully saturated rings. The molecule has 24 heavy (non-hydrogen) atoms. The third-order valence-electron chi connectivity index (χ3n) is 3.60. The Balaban J connectivity index is 2.55. The Hall–Kier alpha value is -3.27. The molecule has 7 heteroatoms. The lowest BCUT2D eigenvalue weighted by Crippen LogP contribution is -2.12. The van der Waals surface area contributed by atoms with Crippen molar-refractivity contribution in [3.05, 3.63) is 41.2 Å². The molecule has 7 nitrogen and oxygen atoms in total. The molecule has 0 spiro atoms. The number of nitrogens with two attached hydrogens (primary N) is 1. The molecule has 0 saturated heterocycles. The van der Waals surface area contributed by atoms with Crippen molar-refractivity contribution >= 4 is 23.3 Å². The first-order valence-corrected chi connectivity index (χ1v) is 7.33. The van der Waals surface area contributed by atoms with E-state index in [0.717, 1.165) is 5.56 Å². The van der Waals surface area contributed by atoms with Crippen molar-refractivity contribution in [3.8, 4) is 11.8 Å². The van der Waals surface area contributed by atoms with Crippen LogP contribution < -0.4 is 11.1 Å². The predicted octanol–water partition coefficient (Wildman–Crippen LogP) is 2.37. The number of ether oxygens (including phenoxy) is 1. The summed E-state index contributed by atoms with van der Waals surface area (Å²) < 4.78 is 6.29.